The molecule has 0 aliphatic rings. The van der Waals surface area contributed by atoms with E-state index in [1.807, 2.05) is 0 Å². The van der Waals surface area contributed by atoms with Gasteiger partial charge in [-0.2, -0.15) is 0 Å². The van der Waals surface area contributed by atoms with Crippen molar-refractivity contribution in [2.75, 3.05) is 0 Å². The SMILES string of the molecule is Cc1cc(S(=O)(=O)NCc2ccncc2)cc(CN)c1F. The maximum atomic E-state index is 13.7. The number of sulfonamides is 1. The van der Waals surface area contributed by atoms with Crippen LogP contribution in [0.1, 0.15) is 16.7 Å². The minimum atomic E-state index is -3.72. The predicted octanol–water partition coefficient (Wildman–Crippen LogP) is 1.47. The Hall–Kier alpha value is -1.83. The maximum Gasteiger partial charge on any atom is 0.240 e. The van der Waals surface area contributed by atoms with Gasteiger partial charge in [0.25, 0.3) is 0 Å². The molecule has 21 heavy (non-hydrogen) atoms. The average Bonchev–Trinajstić information content (AvgIpc) is 2.49. The van der Waals surface area contributed by atoms with Gasteiger partial charge in [-0.1, -0.05) is 0 Å². The highest BCUT2D eigenvalue weighted by atomic mass is 32.2. The van der Waals surface area contributed by atoms with Crippen molar-refractivity contribution < 1.29 is 12.8 Å². The third-order valence-electron chi connectivity index (χ3n) is 3.05. The number of hydrogen-bond donors (Lipinski definition) is 2. The van der Waals surface area contributed by atoms with Crippen molar-refractivity contribution in [2.24, 2.45) is 5.73 Å². The van der Waals surface area contributed by atoms with E-state index in [1.54, 1.807) is 24.5 Å². The largest absolute Gasteiger partial charge is 0.326 e. The number of aryl methyl sites for hydroxylation is 1. The number of hydrogen-bond acceptors (Lipinski definition) is 4. The van der Waals surface area contributed by atoms with Crippen molar-refractivity contribution in [3.8, 4) is 0 Å². The minimum absolute atomic E-state index is 0.0101. The number of nitrogens with zero attached hydrogens (tertiary/aromatic N) is 1. The Morgan fingerprint density at radius 2 is 1.95 bits per heavy atom. The van der Waals surface area contributed by atoms with Crippen LogP contribution in [0.4, 0.5) is 4.39 Å². The van der Waals surface area contributed by atoms with Gasteiger partial charge in [0, 0.05) is 31.0 Å². The van der Waals surface area contributed by atoms with E-state index in [0.29, 0.717) is 0 Å². The van der Waals surface area contributed by atoms with Crippen LogP contribution < -0.4 is 10.5 Å². The normalized spacial score (nSPS) is 11.6. The number of nitrogens with one attached hydrogen (secondary N) is 1. The van der Waals surface area contributed by atoms with Gasteiger partial charge in [-0.15, -0.1) is 0 Å². The molecule has 0 aliphatic heterocycles. The summed E-state index contributed by atoms with van der Waals surface area (Å²) in [6.45, 7) is 1.59. The molecule has 1 aromatic carbocycles. The summed E-state index contributed by atoms with van der Waals surface area (Å²) in [5.41, 5.74) is 6.65. The van der Waals surface area contributed by atoms with Gasteiger partial charge >= 0.3 is 0 Å². The Balaban J connectivity index is 2.25. The highest BCUT2D eigenvalue weighted by Gasteiger charge is 2.17. The molecule has 112 valence electrons. The lowest BCUT2D eigenvalue weighted by Gasteiger charge is -2.10. The highest BCUT2D eigenvalue weighted by molar-refractivity contribution is 7.89. The smallest absolute Gasteiger partial charge is 0.240 e. The van der Waals surface area contributed by atoms with E-state index in [-0.39, 0.29) is 29.1 Å². The molecule has 0 bridgehead atoms. The molecule has 0 fully saturated rings. The quantitative estimate of drug-likeness (QED) is 0.876. The average molecular weight is 309 g/mol. The Morgan fingerprint density at radius 3 is 2.57 bits per heavy atom. The summed E-state index contributed by atoms with van der Waals surface area (Å²) in [7, 11) is -3.72. The molecule has 0 atom stereocenters. The molecule has 3 N–H and O–H groups in total. The summed E-state index contributed by atoms with van der Waals surface area (Å²) in [5.74, 6) is -0.467. The highest BCUT2D eigenvalue weighted by Crippen LogP contribution is 2.19. The fourth-order valence-electron chi connectivity index (χ4n) is 1.87. The lowest BCUT2D eigenvalue weighted by atomic mass is 10.1. The van der Waals surface area contributed by atoms with Crippen LogP contribution in [0.25, 0.3) is 0 Å². The van der Waals surface area contributed by atoms with Gasteiger partial charge in [0.1, 0.15) is 5.82 Å². The molecule has 1 heterocycles. The second kappa shape index (κ2) is 6.30. The zero-order chi connectivity index (χ0) is 15.5. The molecule has 0 aliphatic carbocycles. The van der Waals surface area contributed by atoms with E-state index in [2.05, 4.69) is 9.71 Å². The third kappa shape index (κ3) is 3.63. The number of pyridine rings is 1. The van der Waals surface area contributed by atoms with Gasteiger partial charge in [0.05, 0.1) is 4.90 Å². The summed E-state index contributed by atoms with van der Waals surface area (Å²) in [6.07, 6.45) is 3.16. The van der Waals surface area contributed by atoms with Crippen molar-refractivity contribution in [2.45, 2.75) is 24.9 Å². The van der Waals surface area contributed by atoms with E-state index < -0.39 is 15.8 Å². The molecule has 2 rings (SSSR count). The lowest BCUT2D eigenvalue weighted by molar-refractivity contribution is 0.577. The maximum absolute atomic E-state index is 13.7. The number of halogens is 1. The zero-order valence-electron chi connectivity index (χ0n) is 11.5. The fourth-order valence-corrected chi connectivity index (χ4v) is 3.03. The van der Waals surface area contributed by atoms with E-state index >= 15 is 0 Å². The Kier molecular flexibility index (Phi) is 4.66. The molecule has 7 heteroatoms. The molecule has 5 nitrogen and oxygen atoms in total. The van der Waals surface area contributed by atoms with Gasteiger partial charge in [-0.25, -0.2) is 17.5 Å². The summed E-state index contributed by atoms with van der Waals surface area (Å²) in [4.78, 5) is 3.87. The Bertz CT molecular complexity index is 733. The molecule has 2 aromatic rings. The van der Waals surface area contributed by atoms with Crippen molar-refractivity contribution in [3.05, 3.63) is 59.2 Å². The van der Waals surface area contributed by atoms with Crippen LogP contribution in [-0.4, -0.2) is 13.4 Å². The first kappa shape index (κ1) is 15.6. The summed E-state index contributed by atoms with van der Waals surface area (Å²) in [6, 6.07) is 5.98. The third-order valence-corrected chi connectivity index (χ3v) is 4.43. The van der Waals surface area contributed by atoms with E-state index in [1.165, 1.54) is 19.1 Å². The van der Waals surface area contributed by atoms with Gasteiger partial charge in [-0.05, 0) is 42.3 Å². The molecule has 1 aromatic heterocycles. The van der Waals surface area contributed by atoms with Gasteiger partial charge < -0.3 is 5.73 Å². The van der Waals surface area contributed by atoms with E-state index in [0.717, 1.165) is 5.56 Å². The minimum Gasteiger partial charge on any atom is -0.326 e. The van der Waals surface area contributed by atoms with Crippen LogP contribution in [0.3, 0.4) is 0 Å². The van der Waals surface area contributed by atoms with Crippen LogP contribution in [0, 0.1) is 12.7 Å². The van der Waals surface area contributed by atoms with E-state index in [9.17, 15) is 12.8 Å². The monoisotopic (exact) mass is 309 g/mol. The molecule has 0 unspecified atom stereocenters. The molecule has 0 saturated heterocycles. The van der Waals surface area contributed by atoms with Crippen LogP contribution in [0.2, 0.25) is 0 Å². The van der Waals surface area contributed by atoms with Crippen molar-refractivity contribution in [3.63, 3.8) is 0 Å². The molecular formula is C14H16FN3O2S. The number of rotatable bonds is 5. The molecule has 0 radical (unpaired) electrons. The molecule has 0 amide bonds. The van der Waals surface area contributed by atoms with Crippen LogP contribution >= 0.6 is 0 Å². The number of benzene rings is 1. The van der Waals surface area contributed by atoms with Crippen molar-refractivity contribution in [1.29, 1.82) is 0 Å². The molecule has 0 saturated carbocycles. The first-order valence-electron chi connectivity index (χ1n) is 6.31. The number of nitrogens with two attached hydrogens (primary N) is 1. The summed E-state index contributed by atoms with van der Waals surface area (Å²) in [5, 5.41) is 0. The molecular weight excluding hydrogens is 293 g/mol. The Morgan fingerprint density at radius 1 is 1.29 bits per heavy atom. The van der Waals surface area contributed by atoms with Gasteiger partial charge in [-0.3, -0.25) is 4.98 Å². The second-order valence-corrected chi connectivity index (χ2v) is 6.36. The predicted molar refractivity (Wildman–Crippen MR) is 77.3 cm³/mol. The zero-order valence-corrected chi connectivity index (χ0v) is 12.3. The second-order valence-electron chi connectivity index (χ2n) is 4.60. The van der Waals surface area contributed by atoms with E-state index in [4.69, 9.17) is 5.73 Å². The van der Waals surface area contributed by atoms with Gasteiger partial charge in [0.2, 0.25) is 10.0 Å². The topological polar surface area (TPSA) is 85.1 Å². The van der Waals surface area contributed by atoms with Crippen LogP contribution in [-0.2, 0) is 23.1 Å². The first-order valence-corrected chi connectivity index (χ1v) is 7.80. The Labute approximate surface area is 123 Å². The first-order chi connectivity index (χ1) is 9.94. The van der Waals surface area contributed by atoms with Crippen LogP contribution in [0.15, 0.2) is 41.6 Å². The van der Waals surface area contributed by atoms with Crippen molar-refractivity contribution >= 4 is 10.0 Å². The van der Waals surface area contributed by atoms with Gasteiger partial charge in [0.15, 0.2) is 0 Å². The molecule has 0 spiro atoms. The number of aromatic nitrogens is 1. The summed E-state index contributed by atoms with van der Waals surface area (Å²) < 4.78 is 40.7. The summed E-state index contributed by atoms with van der Waals surface area (Å²) >= 11 is 0. The fraction of sp³-hybridized carbons (Fsp3) is 0.214. The van der Waals surface area contributed by atoms with Crippen LogP contribution in [0.5, 0.6) is 0 Å². The standard InChI is InChI=1S/C14H16FN3O2S/c1-10-6-13(7-12(8-16)14(10)15)21(19,20)18-9-11-2-4-17-5-3-11/h2-7,18H,8-9,16H2,1H3. The van der Waals surface area contributed by atoms with Crippen molar-refractivity contribution in [1.82, 2.24) is 9.71 Å². The lowest BCUT2D eigenvalue weighted by Crippen LogP contribution is -2.24.